The molecule has 0 atom stereocenters. The van der Waals surface area contributed by atoms with E-state index in [1.807, 2.05) is 24.3 Å². The van der Waals surface area contributed by atoms with Gasteiger partial charge < -0.3 is 14.8 Å². The van der Waals surface area contributed by atoms with E-state index in [4.69, 9.17) is 9.47 Å². The van der Waals surface area contributed by atoms with E-state index in [2.05, 4.69) is 15.3 Å². The standard InChI is InChI=1S/C12H13N3O2/c1-16-10-5-3-4-9(6-10)15-12-13-7-11(17-2)8-14-12/h3-8H,1-2H3,(H,13,14,15). The van der Waals surface area contributed by atoms with Crippen LogP contribution in [0.3, 0.4) is 0 Å². The molecule has 0 saturated heterocycles. The van der Waals surface area contributed by atoms with Crippen molar-refractivity contribution in [1.82, 2.24) is 9.97 Å². The number of benzene rings is 1. The summed E-state index contributed by atoms with van der Waals surface area (Å²) in [6.45, 7) is 0. The highest BCUT2D eigenvalue weighted by Crippen LogP contribution is 2.19. The molecule has 0 aliphatic carbocycles. The Labute approximate surface area is 99.4 Å². The molecular formula is C12H13N3O2. The van der Waals surface area contributed by atoms with Crippen LogP contribution in [-0.2, 0) is 0 Å². The number of nitrogens with one attached hydrogen (secondary N) is 1. The minimum atomic E-state index is 0.513. The number of methoxy groups -OCH3 is 2. The first-order chi connectivity index (χ1) is 8.31. The van der Waals surface area contributed by atoms with E-state index in [-0.39, 0.29) is 0 Å². The summed E-state index contributed by atoms with van der Waals surface area (Å²) in [6.07, 6.45) is 3.21. The molecular weight excluding hydrogens is 218 g/mol. The molecule has 0 aliphatic heterocycles. The number of aromatic nitrogens is 2. The number of rotatable bonds is 4. The summed E-state index contributed by atoms with van der Waals surface area (Å²) in [4.78, 5) is 8.22. The Bertz CT molecular complexity index is 485. The van der Waals surface area contributed by atoms with Crippen LogP contribution in [0.5, 0.6) is 11.5 Å². The highest BCUT2D eigenvalue weighted by Gasteiger charge is 1.99. The van der Waals surface area contributed by atoms with Gasteiger partial charge in [0.25, 0.3) is 0 Å². The van der Waals surface area contributed by atoms with Gasteiger partial charge in [-0.15, -0.1) is 0 Å². The first-order valence-electron chi connectivity index (χ1n) is 5.09. The van der Waals surface area contributed by atoms with E-state index in [0.717, 1.165) is 11.4 Å². The third-order valence-electron chi connectivity index (χ3n) is 2.19. The van der Waals surface area contributed by atoms with E-state index in [0.29, 0.717) is 11.7 Å². The molecule has 0 aliphatic rings. The van der Waals surface area contributed by atoms with Crippen molar-refractivity contribution in [1.29, 1.82) is 0 Å². The van der Waals surface area contributed by atoms with Crippen LogP contribution in [0.2, 0.25) is 0 Å². The van der Waals surface area contributed by atoms with Crippen molar-refractivity contribution >= 4 is 11.6 Å². The zero-order valence-corrected chi connectivity index (χ0v) is 9.68. The fraction of sp³-hybridized carbons (Fsp3) is 0.167. The second-order valence-corrected chi connectivity index (χ2v) is 3.30. The highest BCUT2D eigenvalue weighted by molar-refractivity contribution is 5.55. The van der Waals surface area contributed by atoms with Gasteiger partial charge in [0.1, 0.15) is 5.75 Å². The molecule has 1 heterocycles. The number of hydrogen-bond acceptors (Lipinski definition) is 5. The molecule has 88 valence electrons. The van der Waals surface area contributed by atoms with Gasteiger partial charge >= 0.3 is 0 Å². The lowest BCUT2D eigenvalue weighted by atomic mass is 10.3. The molecule has 17 heavy (non-hydrogen) atoms. The van der Waals surface area contributed by atoms with Gasteiger partial charge in [-0.05, 0) is 12.1 Å². The van der Waals surface area contributed by atoms with Crippen molar-refractivity contribution < 1.29 is 9.47 Å². The normalized spacial score (nSPS) is 9.76. The zero-order chi connectivity index (χ0) is 12.1. The summed E-state index contributed by atoms with van der Waals surface area (Å²) in [6, 6.07) is 7.55. The molecule has 1 N–H and O–H groups in total. The predicted octanol–water partition coefficient (Wildman–Crippen LogP) is 2.24. The minimum absolute atomic E-state index is 0.513. The van der Waals surface area contributed by atoms with Gasteiger partial charge in [0.2, 0.25) is 5.95 Å². The van der Waals surface area contributed by atoms with Gasteiger partial charge in [0.05, 0.1) is 26.6 Å². The van der Waals surface area contributed by atoms with Crippen LogP contribution in [0.25, 0.3) is 0 Å². The Morgan fingerprint density at radius 3 is 2.35 bits per heavy atom. The summed E-state index contributed by atoms with van der Waals surface area (Å²) in [5.74, 6) is 1.92. The van der Waals surface area contributed by atoms with Crippen molar-refractivity contribution in [2.24, 2.45) is 0 Å². The van der Waals surface area contributed by atoms with E-state index in [1.54, 1.807) is 26.6 Å². The second-order valence-electron chi connectivity index (χ2n) is 3.30. The lowest BCUT2D eigenvalue weighted by Gasteiger charge is -2.06. The van der Waals surface area contributed by atoms with Crippen LogP contribution < -0.4 is 14.8 Å². The van der Waals surface area contributed by atoms with Crippen LogP contribution in [-0.4, -0.2) is 24.2 Å². The average Bonchev–Trinajstić information content (AvgIpc) is 2.40. The molecule has 2 aromatic rings. The number of ether oxygens (including phenoxy) is 2. The van der Waals surface area contributed by atoms with Crippen molar-refractivity contribution in [3.8, 4) is 11.5 Å². The molecule has 5 nitrogen and oxygen atoms in total. The lowest BCUT2D eigenvalue weighted by Crippen LogP contribution is -1.97. The van der Waals surface area contributed by atoms with Gasteiger partial charge in [-0.2, -0.15) is 0 Å². The molecule has 1 aromatic carbocycles. The highest BCUT2D eigenvalue weighted by atomic mass is 16.5. The number of anilines is 2. The predicted molar refractivity (Wildman–Crippen MR) is 64.9 cm³/mol. The fourth-order valence-corrected chi connectivity index (χ4v) is 1.32. The Morgan fingerprint density at radius 2 is 1.71 bits per heavy atom. The molecule has 0 bridgehead atoms. The largest absolute Gasteiger partial charge is 0.497 e. The zero-order valence-electron chi connectivity index (χ0n) is 9.68. The summed E-state index contributed by atoms with van der Waals surface area (Å²) >= 11 is 0. The van der Waals surface area contributed by atoms with Crippen LogP contribution in [0.4, 0.5) is 11.6 Å². The van der Waals surface area contributed by atoms with Crippen LogP contribution >= 0.6 is 0 Å². The molecule has 0 spiro atoms. The van der Waals surface area contributed by atoms with Gasteiger partial charge in [0, 0.05) is 11.8 Å². The lowest BCUT2D eigenvalue weighted by molar-refractivity contribution is 0.411. The smallest absolute Gasteiger partial charge is 0.227 e. The van der Waals surface area contributed by atoms with Gasteiger partial charge in [0.15, 0.2) is 5.75 Å². The molecule has 0 unspecified atom stereocenters. The maximum absolute atomic E-state index is 5.13. The summed E-state index contributed by atoms with van der Waals surface area (Å²) < 4.78 is 10.1. The Balaban J connectivity index is 2.13. The SMILES string of the molecule is COc1cnc(Nc2cccc(OC)c2)nc1. The summed E-state index contributed by atoms with van der Waals surface area (Å²) in [7, 11) is 3.21. The monoisotopic (exact) mass is 231 g/mol. The Morgan fingerprint density at radius 1 is 1.00 bits per heavy atom. The fourth-order valence-electron chi connectivity index (χ4n) is 1.32. The third kappa shape index (κ3) is 2.84. The maximum atomic E-state index is 5.13. The van der Waals surface area contributed by atoms with Crippen molar-refractivity contribution in [3.05, 3.63) is 36.7 Å². The van der Waals surface area contributed by atoms with Gasteiger partial charge in [-0.25, -0.2) is 9.97 Å². The second kappa shape index (κ2) is 5.16. The van der Waals surface area contributed by atoms with Crippen LogP contribution in [0.15, 0.2) is 36.7 Å². The van der Waals surface area contributed by atoms with E-state index in [1.165, 1.54) is 0 Å². The summed E-state index contributed by atoms with van der Waals surface area (Å²) in [5.41, 5.74) is 0.870. The molecule has 0 saturated carbocycles. The average molecular weight is 231 g/mol. The number of nitrogens with zero attached hydrogens (tertiary/aromatic N) is 2. The van der Waals surface area contributed by atoms with E-state index < -0.39 is 0 Å². The molecule has 0 radical (unpaired) electrons. The van der Waals surface area contributed by atoms with Crippen LogP contribution in [0, 0.1) is 0 Å². The van der Waals surface area contributed by atoms with Crippen molar-refractivity contribution in [2.75, 3.05) is 19.5 Å². The van der Waals surface area contributed by atoms with Gasteiger partial charge in [-0.3, -0.25) is 0 Å². The Kier molecular flexibility index (Phi) is 3.40. The summed E-state index contributed by atoms with van der Waals surface area (Å²) in [5, 5.41) is 3.07. The molecule has 2 rings (SSSR count). The first-order valence-corrected chi connectivity index (χ1v) is 5.09. The quantitative estimate of drug-likeness (QED) is 0.874. The molecule has 1 aromatic heterocycles. The Hall–Kier alpha value is -2.30. The topological polar surface area (TPSA) is 56.3 Å². The molecule has 0 fully saturated rings. The third-order valence-corrected chi connectivity index (χ3v) is 2.19. The molecule has 0 amide bonds. The number of hydrogen-bond donors (Lipinski definition) is 1. The van der Waals surface area contributed by atoms with Crippen molar-refractivity contribution in [3.63, 3.8) is 0 Å². The van der Waals surface area contributed by atoms with E-state index in [9.17, 15) is 0 Å². The van der Waals surface area contributed by atoms with Crippen LogP contribution in [0.1, 0.15) is 0 Å². The minimum Gasteiger partial charge on any atom is -0.497 e. The maximum Gasteiger partial charge on any atom is 0.227 e. The molecule has 5 heteroatoms. The first kappa shape index (κ1) is 11.2. The van der Waals surface area contributed by atoms with E-state index >= 15 is 0 Å². The van der Waals surface area contributed by atoms with Gasteiger partial charge in [-0.1, -0.05) is 6.07 Å². The van der Waals surface area contributed by atoms with Crippen molar-refractivity contribution in [2.45, 2.75) is 0 Å².